The van der Waals surface area contributed by atoms with Crippen LogP contribution in [0, 0.1) is 0 Å². The Morgan fingerprint density at radius 1 is 1.04 bits per heavy atom. The summed E-state index contributed by atoms with van der Waals surface area (Å²) in [4.78, 5) is 15.7. The van der Waals surface area contributed by atoms with Gasteiger partial charge in [0.05, 0.1) is 23.3 Å². The van der Waals surface area contributed by atoms with E-state index in [4.69, 9.17) is 43.6 Å². The van der Waals surface area contributed by atoms with E-state index in [9.17, 15) is 4.79 Å². The summed E-state index contributed by atoms with van der Waals surface area (Å²) in [5.74, 6) is -1.18. The van der Waals surface area contributed by atoms with Crippen molar-refractivity contribution >= 4 is 29.2 Å². The highest BCUT2D eigenvalue weighted by Gasteiger charge is 2.12. The minimum Gasteiger partial charge on any atom is -0.476 e. The standard InChI is InChI=1S/C9H21NO3.C6H3Cl2NO2/c1-7(11)4-10(5-8(2)12)6-9(3)13;7-3-1-2-4(8)9-5(3)6(10)11/h7-9,11-13H,4-6H2,1-3H3;1-2H,(H,10,11)/t7-,8-,9-;/m1./s1. The summed E-state index contributed by atoms with van der Waals surface area (Å²) in [7, 11) is 0. The van der Waals surface area contributed by atoms with Crippen LogP contribution in [0.15, 0.2) is 12.1 Å². The Morgan fingerprint density at radius 3 is 1.75 bits per heavy atom. The quantitative estimate of drug-likeness (QED) is 0.528. The van der Waals surface area contributed by atoms with E-state index in [0.717, 1.165) is 0 Å². The summed E-state index contributed by atoms with van der Waals surface area (Å²) in [6.07, 6.45) is -1.30. The molecule has 0 spiro atoms. The molecule has 1 aromatic heterocycles. The number of aliphatic hydroxyl groups is 3. The van der Waals surface area contributed by atoms with E-state index in [1.165, 1.54) is 12.1 Å². The second-order valence-electron chi connectivity index (χ2n) is 5.54. The maximum atomic E-state index is 10.4. The molecule has 9 heteroatoms. The van der Waals surface area contributed by atoms with Gasteiger partial charge in [0, 0.05) is 19.6 Å². The van der Waals surface area contributed by atoms with Crippen molar-refractivity contribution in [3.05, 3.63) is 28.0 Å². The molecule has 0 aliphatic heterocycles. The zero-order chi connectivity index (χ0) is 18.9. The van der Waals surface area contributed by atoms with Gasteiger partial charge in [-0.3, -0.25) is 4.90 Å². The minimum absolute atomic E-state index is 0.0851. The Morgan fingerprint density at radius 2 is 1.46 bits per heavy atom. The molecule has 3 atom stereocenters. The predicted molar refractivity (Wildman–Crippen MR) is 92.7 cm³/mol. The van der Waals surface area contributed by atoms with Gasteiger partial charge in [0.1, 0.15) is 5.15 Å². The molecule has 1 aromatic rings. The third-order valence-corrected chi connectivity index (χ3v) is 3.10. The van der Waals surface area contributed by atoms with Crippen LogP contribution in [0.25, 0.3) is 0 Å². The SMILES string of the molecule is C[C@@H](O)CN(C[C@@H](C)O)C[C@@H](C)O.O=C(O)c1nc(Cl)ccc1Cl. The molecule has 0 fully saturated rings. The molecule has 0 saturated heterocycles. The first kappa shape index (κ1) is 23.0. The fourth-order valence-corrected chi connectivity index (χ4v) is 2.25. The van der Waals surface area contributed by atoms with Crippen LogP contribution >= 0.6 is 23.2 Å². The van der Waals surface area contributed by atoms with Gasteiger partial charge in [0.25, 0.3) is 0 Å². The molecule has 0 bridgehead atoms. The first-order valence-corrected chi connectivity index (χ1v) is 8.10. The monoisotopic (exact) mass is 382 g/mol. The number of carboxylic acid groups (broad SMARTS) is 1. The van der Waals surface area contributed by atoms with E-state index in [0.29, 0.717) is 19.6 Å². The number of nitrogens with zero attached hydrogens (tertiary/aromatic N) is 2. The van der Waals surface area contributed by atoms with Gasteiger partial charge in [0.15, 0.2) is 5.69 Å². The van der Waals surface area contributed by atoms with Gasteiger partial charge in [0.2, 0.25) is 0 Å². The highest BCUT2D eigenvalue weighted by atomic mass is 35.5. The maximum Gasteiger partial charge on any atom is 0.356 e. The number of aromatic nitrogens is 1. The Kier molecular flexibility index (Phi) is 11.1. The lowest BCUT2D eigenvalue weighted by molar-refractivity contribution is 0.0530. The Labute approximate surface area is 151 Å². The normalized spacial score (nSPS) is 14.5. The van der Waals surface area contributed by atoms with Crippen molar-refractivity contribution in [2.24, 2.45) is 0 Å². The van der Waals surface area contributed by atoms with E-state index < -0.39 is 24.3 Å². The summed E-state index contributed by atoms with van der Waals surface area (Å²) in [5.41, 5.74) is -0.223. The molecule has 4 N–H and O–H groups in total. The number of aromatic carboxylic acids is 1. The number of carbonyl (C=O) groups is 1. The van der Waals surface area contributed by atoms with E-state index >= 15 is 0 Å². The van der Waals surface area contributed by atoms with Crippen LogP contribution < -0.4 is 0 Å². The highest BCUT2D eigenvalue weighted by Crippen LogP contribution is 2.16. The molecule has 7 nitrogen and oxygen atoms in total. The fraction of sp³-hybridized carbons (Fsp3) is 0.600. The van der Waals surface area contributed by atoms with E-state index in [1.54, 1.807) is 20.8 Å². The Hall–Kier alpha value is -0.960. The zero-order valence-corrected chi connectivity index (χ0v) is 15.4. The zero-order valence-electron chi connectivity index (χ0n) is 13.9. The van der Waals surface area contributed by atoms with Crippen molar-refractivity contribution in [3.63, 3.8) is 0 Å². The van der Waals surface area contributed by atoms with Crippen LogP contribution in [0.4, 0.5) is 0 Å². The molecule has 0 aromatic carbocycles. The average molecular weight is 383 g/mol. The molecule has 1 heterocycles. The second kappa shape index (κ2) is 11.6. The summed E-state index contributed by atoms with van der Waals surface area (Å²) >= 11 is 10.9. The van der Waals surface area contributed by atoms with Crippen molar-refractivity contribution in [3.8, 4) is 0 Å². The van der Waals surface area contributed by atoms with Crippen LogP contribution in [0.3, 0.4) is 0 Å². The highest BCUT2D eigenvalue weighted by molar-refractivity contribution is 6.34. The second-order valence-corrected chi connectivity index (χ2v) is 6.33. The van der Waals surface area contributed by atoms with E-state index in [1.807, 2.05) is 4.90 Å². The van der Waals surface area contributed by atoms with Gasteiger partial charge >= 0.3 is 5.97 Å². The molecule has 0 unspecified atom stereocenters. The van der Waals surface area contributed by atoms with Gasteiger partial charge < -0.3 is 20.4 Å². The van der Waals surface area contributed by atoms with Gasteiger partial charge in [-0.25, -0.2) is 9.78 Å². The van der Waals surface area contributed by atoms with Crippen molar-refractivity contribution in [1.82, 2.24) is 9.88 Å². The van der Waals surface area contributed by atoms with Crippen molar-refractivity contribution in [2.75, 3.05) is 19.6 Å². The lowest BCUT2D eigenvalue weighted by Crippen LogP contribution is -2.40. The molecule has 138 valence electrons. The molecule has 0 radical (unpaired) electrons. The molecule has 0 aliphatic carbocycles. The van der Waals surface area contributed by atoms with Gasteiger partial charge in [-0.15, -0.1) is 0 Å². The van der Waals surface area contributed by atoms with Crippen LogP contribution in [-0.4, -0.2) is 74.2 Å². The summed E-state index contributed by atoms with van der Waals surface area (Å²) in [5, 5.41) is 36.1. The summed E-state index contributed by atoms with van der Waals surface area (Å²) < 4.78 is 0. The smallest absolute Gasteiger partial charge is 0.356 e. The van der Waals surface area contributed by atoms with Crippen LogP contribution in [-0.2, 0) is 0 Å². The van der Waals surface area contributed by atoms with Crippen LogP contribution in [0.1, 0.15) is 31.3 Å². The van der Waals surface area contributed by atoms with Gasteiger partial charge in [-0.1, -0.05) is 23.2 Å². The number of pyridine rings is 1. The number of hydrogen-bond donors (Lipinski definition) is 4. The number of aliphatic hydroxyl groups excluding tert-OH is 3. The third-order valence-electron chi connectivity index (χ3n) is 2.58. The van der Waals surface area contributed by atoms with Crippen LogP contribution in [0.2, 0.25) is 10.2 Å². The van der Waals surface area contributed by atoms with Crippen molar-refractivity contribution < 1.29 is 25.2 Å². The predicted octanol–water partition coefficient (Wildman–Crippen LogP) is 1.52. The van der Waals surface area contributed by atoms with Gasteiger partial charge in [-0.2, -0.15) is 0 Å². The topological polar surface area (TPSA) is 114 Å². The molecular formula is C15H24Cl2N2O5. The fourth-order valence-electron chi connectivity index (χ4n) is 1.91. The summed E-state index contributed by atoms with van der Waals surface area (Å²) in [6.45, 7) is 6.52. The maximum absolute atomic E-state index is 10.4. The molecule has 24 heavy (non-hydrogen) atoms. The largest absolute Gasteiger partial charge is 0.476 e. The Bertz CT molecular complexity index is 489. The first-order valence-electron chi connectivity index (χ1n) is 7.34. The molecule has 0 amide bonds. The molecular weight excluding hydrogens is 359 g/mol. The summed E-state index contributed by atoms with van der Waals surface area (Å²) in [6, 6.07) is 2.82. The number of hydrogen-bond acceptors (Lipinski definition) is 6. The molecule has 0 saturated carbocycles. The third kappa shape index (κ3) is 10.7. The number of halogens is 2. The molecule has 1 rings (SSSR count). The lowest BCUT2D eigenvalue weighted by atomic mass is 10.2. The average Bonchev–Trinajstić information content (AvgIpc) is 2.39. The number of carboxylic acids is 1. The van der Waals surface area contributed by atoms with Gasteiger partial charge in [-0.05, 0) is 32.9 Å². The first-order chi connectivity index (χ1) is 11.0. The minimum atomic E-state index is -1.18. The van der Waals surface area contributed by atoms with Crippen molar-refractivity contribution in [2.45, 2.75) is 39.1 Å². The van der Waals surface area contributed by atoms with E-state index in [-0.39, 0.29) is 15.9 Å². The van der Waals surface area contributed by atoms with E-state index in [2.05, 4.69) is 4.98 Å². The number of rotatable bonds is 7. The van der Waals surface area contributed by atoms with Crippen LogP contribution in [0.5, 0.6) is 0 Å². The Balaban J connectivity index is 0.000000446. The lowest BCUT2D eigenvalue weighted by Gasteiger charge is -2.25. The van der Waals surface area contributed by atoms with Crippen molar-refractivity contribution in [1.29, 1.82) is 0 Å². The molecule has 0 aliphatic rings.